The first-order chi connectivity index (χ1) is 9.10. The molecular formula is C14H16N2O2S. The topological polar surface area (TPSA) is 53.4 Å². The SMILES string of the molecule is CCc1cc(C(=O)O)cc(N(C)Cc2ccsc2)n1. The van der Waals surface area contributed by atoms with Gasteiger partial charge in [0.15, 0.2) is 0 Å². The molecule has 4 nitrogen and oxygen atoms in total. The van der Waals surface area contributed by atoms with Gasteiger partial charge in [-0.25, -0.2) is 9.78 Å². The van der Waals surface area contributed by atoms with Crippen molar-refractivity contribution in [1.82, 2.24) is 4.98 Å². The zero-order valence-electron chi connectivity index (χ0n) is 11.0. The van der Waals surface area contributed by atoms with Crippen LogP contribution in [0.3, 0.4) is 0 Å². The summed E-state index contributed by atoms with van der Waals surface area (Å²) in [5.41, 5.74) is 2.29. The fraction of sp³-hybridized carbons (Fsp3) is 0.286. The van der Waals surface area contributed by atoms with Crippen molar-refractivity contribution in [2.45, 2.75) is 19.9 Å². The van der Waals surface area contributed by atoms with Crippen molar-refractivity contribution in [1.29, 1.82) is 0 Å². The first-order valence-electron chi connectivity index (χ1n) is 6.06. The number of anilines is 1. The van der Waals surface area contributed by atoms with Crippen LogP contribution in [0.25, 0.3) is 0 Å². The Balaban J connectivity index is 2.27. The molecule has 2 heterocycles. The summed E-state index contributed by atoms with van der Waals surface area (Å²) in [5, 5.41) is 13.2. The first-order valence-corrected chi connectivity index (χ1v) is 7.01. The van der Waals surface area contributed by atoms with Crippen LogP contribution in [0.15, 0.2) is 29.0 Å². The molecule has 0 atom stereocenters. The zero-order chi connectivity index (χ0) is 13.8. The molecule has 0 saturated carbocycles. The van der Waals surface area contributed by atoms with E-state index in [-0.39, 0.29) is 0 Å². The van der Waals surface area contributed by atoms with Gasteiger partial charge in [0.05, 0.1) is 5.56 Å². The summed E-state index contributed by atoms with van der Waals surface area (Å²) in [7, 11) is 1.92. The molecule has 2 rings (SSSR count). The number of rotatable bonds is 5. The van der Waals surface area contributed by atoms with Crippen LogP contribution in [-0.4, -0.2) is 23.1 Å². The van der Waals surface area contributed by atoms with Crippen molar-refractivity contribution in [3.05, 3.63) is 45.8 Å². The monoisotopic (exact) mass is 276 g/mol. The van der Waals surface area contributed by atoms with Gasteiger partial charge in [-0.1, -0.05) is 6.92 Å². The third-order valence-electron chi connectivity index (χ3n) is 2.87. The average Bonchev–Trinajstić information content (AvgIpc) is 2.90. The first kappa shape index (κ1) is 13.5. The maximum atomic E-state index is 11.1. The Hall–Kier alpha value is -1.88. The van der Waals surface area contributed by atoms with Gasteiger partial charge in [-0.05, 0) is 40.9 Å². The third kappa shape index (κ3) is 3.32. The number of aromatic nitrogens is 1. The largest absolute Gasteiger partial charge is 0.478 e. The summed E-state index contributed by atoms with van der Waals surface area (Å²) in [6.45, 7) is 2.69. The number of hydrogen-bond donors (Lipinski definition) is 1. The Morgan fingerprint density at radius 3 is 2.84 bits per heavy atom. The second kappa shape index (κ2) is 5.84. The standard InChI is InChI=1S/C14H16N2O2S/c1-3-12-6-11(14(17)18)7-13(15-12)16(2)8-10-4-5-19-9-10/h4-7,9H,3,8H2,1-2H3,(H,17,18). The predicted molar refractivity (Wildman–Crippen MR) is 77.0 cm³/mol. The summed E-state index contributed by atoms with van der Waals surface area (Å²) in [6, 6.07) is 5.31. The van der Waals surface area contributed by atoms with Crippen molar-refractivity contribution >= 4 is 23.1 Å². The van der Waals surface area contributed by atoms with Gasteiger partial charge in [-0.15, -0.1) is 0 Å². The number of carboxylic acids is 1. The van der Waals surface area contributed by atoms with Gasteiger partial charge >= 0.3 is 5.97 Å². The van der Waals surface area contributed by atoms with E-state index in [1.807, 2.05) is 24.3 Å². The number of aryl methyl sites for hydroxylation is 1. The number of nitrogens with zero attached hydrogens (tertiary/aromatic N) is 2. The molecule has 0 fully saturated rings. The van der Waals surface area contributed by atoms with Gasteiger partial charge in [0.25, 0.3) is 0 Å². The highest BCUT2D eigenvalue weighted by Crippen LogP contribution is 2.18. The lowest BCUT2D eigenvalue weighted by Gasteiger charge is -2.18. The molecular weight excluding hydrogens is 260 g/mol. The Bertz CT molecular complexity index is 567. The quantitative estimate of drug-likeness (QED) is 0.912. The molecule has 0 saturated heterocycles. The van der Waals surface area contributed by atoms with E-state index in [1.165, 1.54) is 5.56 Å². The van der Waals surface area contributed by atoms with E-state index in [0.717, 1.165) is 18.7 Å². The molecule has 2 aromatic rings. The lowest BCUT2D eigenvalue weighted by atomic mass is 10.2. The molecule has 0 aromatic carbocycles. The Kier molecular flexibility index (Phi) is 4.16. The smallest absolute Gasteiger partial charge is 0.335 e. The molecule has 19 heavy (non-hydrogen) atoms. The number of aromatic carboxylic acids is 1. The minimum absolute atomic E-state index is 0.291. The van der Waals surface area contributed by atoms with Crippen molar-refractivity contribution in [2.75, 3.05) is 11.9 Å². The van der Waals surface area contributed by atoms with E-state index >= 15 is 0 Å². The minimum atomic E-state index is -0.915. The van der Waals surface area contributed by atoms with Crippen LogP contribution in [0, 0.1) is 0 Å². The number of pyridine rings is 1. The van der Waals surface area contributed by atoms with Crippen LogP contribution in [0.2, 0.25) is 0 Å². The highest BCUT2D eigenvalue weighted by atomic mass is 32.1. The average molecular weight is 276 g/mol. The van der Waals surface area contributed by atoms with Crippen LogP contribution >= 0.6 is 11.3 Å². The van der Waals surface area contributed by atoms with Gasteiger partial charge in [0, 0.05) is 19.3 Å². The summed E-state index contributed by atoms with van der Waals surface area (Å²) in [4.78, 5) is 17.6. The van der Waals surface area contributed by atoms with Crippen molar-refractivity contribution in [3.63, 3.8) is 0 Å². The molecule has 0 aliphatic rings. The van der Waals surface area contributed by atoms with E-state index in [2.05, 4.69) is 16.4 Å². The molecule has 2 aromatic heterocycles. The fourth-order valence-electron chi connectivity index (χ4n) is 1.81. The Labute approximate surface area is 116 Å². The second-order valence-corrected chi connectivity index (χ2v) is 5.13. The molecule has 5 heteroatoms. The van der Waals surface area contributed by atoms with Crippen LogP contribution in [-0.2, 0) is 13.0 Å². The van der Waals surface area contributed by atoms with Gasteiger partial charge in [-0.2, -0.15) is 11.3 Å². The van der Waals surface area contributed by atoms with Crippen LogP contribution in [0.1, 0.15) is 28.5 Å². The molecule has 0 radical (unpaired) electrons. The lowest BCUT2D eigenvalue weighted by Crippen LogP contribution is -2.18. The zero-order valence-corrected chi connectivity index (χ0v) is 11.8. The Morgan fingerprint density at radius 1 is 1.47 bits per heavy atom. The van der Waals surface area contributed by atoms with Crippen LogP contribution in [0.5, 0.6) is 0 Å². The number of hydrogen-bond acceptors (Lipinski definition) is 4. The predicted octanol–water partition coefficient (Wildman–Crippen LogP) is 3.04. The van der Waals surface area contributed by atoms with Crippen molar-refractivity contribution in [3.8, 4) is 0 Å². The van der Waals surface area contributed by atoms with Gasteiger partial charge in [0.2, 0.25) is 0 Å². The summed E-state index contributed by atoms with van der Waals surface area (Å²) >= 11 is 1.65. The highest BCUT2D eigenvalue weighted by molar-refractivity contribution is 7.07. The van der Waals surface area contributed by atoms with E-state index < -0.39 is 5.97 Å². The summed E-state index contributed by atoms with van der Waals surface area (Å²) < 4.78 is 0. The normalized spacial score (nSPS) is 10.4. The lowest BCUT2D eigenvalue weighted by molar-refractivity contribution is 0.0696. The maximum Gasteiger partial charge on any atom is 0.335 e. The number of thiophene rings is 1. The fourth-order valence-corrected chi connectivity index (χ4v) is 2.47. The number of carbonyl (C=O) groups is 1. The molecule has 0 aliphatic heterocycles. The van der Waals surface area contributed by atoms with Crippen LogP contribution in [0.4, 0.5) is 5.82 Å². The van der Waals surface area contributed by atoms with Crippen molar-refractivity contribution in [2.24, 2.45) is 0 Å². The van der Waals surface area contributed by atoms with Crippen LogP contribution < -0.4 is 4.90 Å². The number of carboxylic acid groups (broad SMARTS) is 1. The minimum Gasteiger partial charge on any atom is -0.478 e. The van der Waals surface area contributed by atoms with Gasteiger partial charge in [-0.3, -0.25) is 0 Å². The van der Waals surface area contributed by atoms with E-state index in [0.29, 0.717) is 11.4 Å². The maximum absolute atomic E-state index is 11.1. The van der Waals surface area contributed by atoms with Gasteiger partial charge < -0.3 is 10.0 Å². The van der Waals surface area contributed by atoms with E-state index in [4.69, 9.17) is 5.11 Å². The molecule has 0 spiro atoms. The Morgan fingerprint density at radius 2 is 2.26 bits per heavy atom. The highest BCUT2D eigenvalue weighted by Gasteiger charge is 2.11. The molecule has 1 N–H and O–H groups in total. The molecule has 100 valence electrons. The van der Waals surface area contributed by atoms with Crippen molar-refractivity contribution < 1.29 is 9.90 Å². The summed E-state index contributed by atoms with van der Waals surface area (Å²) in [6.07, 6.45) is 0.723. The molecule has 0 amide bonds. The molecule has 0 unspecified atom stereocenters. The second-order valence-electron chi connectivity index (χ2n) is 4.35. The third-order valence-corrected chi connectivity index (χ3v) is 3.60. The summed E-state index contributed by atoms with van der Waals surface area (Å²) in [5.74, 6) is -0.217. The van der Waals surface area contributed by atoms with E-state index in [1.54, 1.807) is 23.5 Å². The van der Waals surface area contributed by atoms with Gasteiger partial charge in [0.1, 0.15) is 5.82 Å². The molecule has 0 aliphatic carbocycles. The molecule has 0 bridgehead atoms. The van der Waals surface area contributed by atoms with E-state index in [9.17, 15) is 4.79 Å².